The topological polar surface area (TPSA) is 92.9 Å². The number of aryl methyl sites for hydroxylation is 2. The molecule has 19 heavy (non-hydrogen) atoms. The van der Waals surface area contributed by atoms with Gasteiger partial charge in [0, 0.05) is 20.0 Å². The lowest BCUT2D eigenvalue weighted by molar-refractivity contribution is -0.143. The van der Waals surface area contributed by atoms with Gasteiger partial charge in [0.05, 0.1) is 24.8 Å². The molecule has 0 saturated carbocycles. The lowest BCUT2D eigenvalue weighted by Gasteiger charge is -2.20. The molecule has 1 unspecified atom stereocenters. The summed E-state index contributed by atoms with van der Waals surface area (Å²) in [6.07, 6.45) is 0. The monoisotopic (exact) mass is 268 g/mol. The first-order valence-electron chi connectivity index (χ1n) is 6.03. The van der Waals surface area contributed by atoms with Crippen LogP contribution in [0.25, 0.3) is 0 Å². The Hall–Kier alpha value is -1.89. The average Bonchev–Trinajstić information content (AvgIpc) is 2.57. The van der Waals surface area contributed by atoms with Crippen molar-refractivity contribution in [3.8, 4) is 0 Å². The van der Waals surface area contributed by atoms with E-state index < -0.39 is 11.9 Å². The molecule has 1 aromatic heterocycles. The first-order chi connectivity index (χ1) is 8.99. The Morgan fingerprint density at radius 2 is 2.16 bits per heavy atom. The molecule has 7 nitrogen and oxygen atoms in total. The van der Waals surface area contributed by atoms with Crippen LogP contribution in [0, 0.1) is 19.8 Å². The molecule has 0 spiro atoms. The van der Waals surface area contributed by atoms with E-state index in [4.69, 9.17) is 14.3 Å². The highest BCUT2D eigenvalue weighted by Crippen LogP contribution is 2.15. The summed E-state index contributed by atoms with van der Waals surface area (Å²) in [4.78, 5) is 28.8. The molecule has 1 aromatic rings. The number of hydrogen-bond donors (Lipinski definition) is 1. The van der Waals surface area contributed by atoms with Crippen molar-refractivity contribution < 1.29 is 23.8 Å². The number of aromatic nitrogens is 1. The molecule has 1 aliphatic heterocycles. The molecule has 1 aliphatic rings. The van der Waals surface area contributed by atoms with E-state index in [-0.39, 0.29) is 24.8 Å². The minimum Gasteiger partial charge on any atom is -0.481 e. The number of aliphatic carboxylic acids is 1. The number of amides is 1. The minimum absolute atomic E-state index is 0.118. The lowest BCUT2D eigenvalue weighted by atomic mass is 10.1. The van der Waals surface area contributed by atoms with Gasteiger partial charge in [-0.25, -0.2) is 4.98 Å². The summed E-state index contributed by atoms with van der Waals surface area (Å²) >= 11 is 0. The highest BCUT2D eigenvalue weighted by atomic mass is 16.5. The number of carbonyl (C=O) groups excluding carboxylic acids is 1. The molecule has 0 aromatic carbocycles. The number of carbonyl (C=O) groups is 2. The Bertz CT molecular complexity index is 496. The fourth-order valence-corrected chi connectivity index (χ4v) is 2.02. The lowest BCUT2D eigenvalue weighted by Crippen LogP contribution is -2.38. The van der Waals surface area contributed by atoms with Crippen LogP contribution < -0.4 is 0 Å². The van der Waals surface area contributed by atoms with Crippen molar-refractivity contribution in [1.29, 1.82) is 0 Å². The molecule has 7 heteroatoms. The van der Waals surface area contributed by atoms with Gasteiger partial charge in [-0.2, -0.15) is 0 Å². The molecule has 0 bridgehead atoms. The molecule has 1 saturated heterocycles. The van der Waals surface area contributed by atoms with Crippen molar-refractivity contribution >= 4 is 11.9 Å². The average molecular weight is 268 g/mol. The van der Waals surface area contributed by atoms with Gasteiger partial charge in [-0.05, 0) is 6.92 Å². The Morgan fingerprint density at radius 1 is 1.42 bits per heavy atom. The quantitative estimate of drug-likeness (QED) is 0.837. The van der Waals surface area contributed by atoms with Gasteiger partial charge < -0.3 is 19.2 Å². The number of oxazole rings is 1. The SMILES string of the molecule is Cc1nc(C)c(C(=O)N2CCOCC(C(=O)O)C2)o1. The van der Waals surface area contributed by atoms with Gasteiger partial charge in [-0.15, -0.1) is 0 Å². The van der Waals surface area contributed by atoms with E-state index in [1.165, 1.54) is 4.90 Å². The van der Waals surface area contributed by atoms with Gasteiger partial charge in [0.1, 0.15) is 0 Å². The molecule has 2 heterocycles. The second-order valence-corrected chi connectivity index (χ2v) is 4.51. The first-order valence-corrected chi connectivity index (χ1v) is 6.03. The molecule has 0 radical (unpaired) electrons. The maximum Gasteiger partial charge on any atom is 0.310 e. The zero-order valence-electron chi connectivity index (χ0n) is 10.9. The normalized spacial score (nSPS) is 20.1. The van der Waals surface area contributed by atoms with E-state index >= 15 is 0 Å². The Kier molecular flexibility index (Phi) is 3.84. The summed E-state index contributed by atoms with van der Waals surface area (Å²) in [5, 5.41) is 9.04. The van der Waals surface area contributed by atoms with E-state index in [1.807, 2.05) is 0 Å². The fourth-order valence-electron chi connectivity index (χ4n) is 2.02. The molecular weight excluding hydrogens is 252 g/mol. The van der Waals surface area contributed by atoms with Gasteiger partial charge in [-0.1, -0.05) is 0 Å². The Labute approximate surface area is 110 Å². The van der Waals surface area contributed by atoms with Gasteiger partial charge in [-0.3, -0.25) is 9.59 Å². The summed E-state index contributed by atoms with van der Waals surface area (Å²) < 4.78 is 10.5. The van der Waals surface area contributed by atoms with Gasteiger partial charge in [0.15, 0.2) is 5.89 Å². The summed E-state index contributed by atoms with van der Waals surface area (Å²) in [7, 11) is 0. The summed E-state index contributed by atoms with van der Waals surface area (Å²) in [5.74, 6) is -1.43. The standard InChI is InChI=1S/C12H16N2O5/c1-7-10(19-8(2)13-7)11(15)14-3-4-18-6-9(5-14)12(16)17/h9H,3-6H2,1-2H3,(H,16,17). The van der Waals surface area contributed by atoms with Crippen molar-refractivity contribution in [3.63, 3.8) is 0 Å². The number of hydrogen-bond acceptors (Lipinski definition) is 5. The maximum absolute atomic E-state index is 12.3. The van der Waals surface area contributed by atoms with Crippen molar-refractivity contribution in [3.05, 3.63) is 17.3 Å². The molecule has 0 aliphatic carbocycles. The Morgan fingerprint density at radius 3 is 2.74 bits per heavy atom. The zero-order chi connectivity index (χ0) is 14.0. The fraction of sp³-hybridized carbons (Fsp3) is 0.583. The van der Waals surface area contributed by atoms with Crippen LogP contribution in [-0.4, -0.2) is 53.2 Å². The van der Waals surface area contributed by atoms with E-state index in [0.717, 1.165) is 0 Å². The van der Waals surface area contributed by atoms with Crippen LogP contribution in [0.1, 0.15) is 22.1 Å². The number of carboxylic acid groups (broad SMARTS) is 1. The van der Waals surface area contributed by atoms with Crippen LogP contribution in [0.3, 0.4) is 0 Å². The number of ether oxygens (including phenoxy) is 1. The van der Waals surface area contributed by atoms with Crippen LogP contribution in [-0.2, 0) is 9.53 Å². The van der Waals surface area contributed by atoms with Crippen molar-refractivity contribution in [1.82, 2.24) is 9.88 Å². The Balaban J connectivity index is 2.17. The number of carboxylic acids is 1. The van der Waals surface area contributed by atoms with Gasteiger partial charge in [0.25, 0.3) is 5.91 Å². The predicted molar refractivity (Wildman–Crippen MR) is 63.8 cm³/mol. The third-order valence-electron chi connectivity index (χ3n) is 3.00. The third kappa shape index (κ3) is 2.93. The van der Waals surface area contributed by atoms with Crippen LogP contribution in [0.4, 0.5) is 0 Å². The molecule has 1 fully saturated rings. The number of nitrogens with zero attached hydrogens (tertiary/aromatic N) is 2. The maximum atomic E-state index is 12.3. The molecule has 1 N–H and O–H groups in total. The molecular formula is C12H16N2O5. The van der Waals surface area contributed by atoms with Crippen molar-refractivity contribution in [2.24, 2.45) is 5.92 Å². The molecule has 104 valence electrons. The van der Waals surface area contributed by atoms with E-state index in [9.17, 15) is 9.59 Å². The van der Waals surface area contributed by atoms with Crippen LogP contribution >= 0.6 is 0 Å². The molecule has 1 amide bonds. The number of rotatable bonds is 2. The van der Waals surface area contributed by atoms with E-state index in [1.54, 1.807) is 13.8 Å². The zero-order valence-corrected chi connectivity index (χ0v) is 10.9. The highest BCUT2D eigenvalue weighted by Gasteiger charge is 2.30. The first kappa shape index (κ1) is 13.5. The van der Waals surface area contributed by atoms with Gasteiger partial charge >= 0.3 is 5.97 Å². The highest BCUT2D eigenvalue weighted by molar-refractivity contribution is 5.92. The van der Waals surface area contributed by atoms with Gasteiger partial charge in [0.2, 0.25) is 5.76 Å². The predicted octanol–water partition coefficient (Wildman–Crippen LogP) is 0.465. The summed E-state index contributed by atoms with van der Waals surface area (Å²) in [6, 6.07) is 0. The van der Waals surface area contributed by atoms with E-state index in [2.05, 4.69) is 4.98 Å². The summed E-state index contributed by atoms with van der Waals surface area (Å²) in [6.45, 7) is 4.26. The minimum atomic E-state index is -0.967. The largest absolute Gasteiger partial charge is 0.481 e. The second-order valence-electron chi connectivity index (χ2n) is 4.51. The van der Waals surface area contributed by atoms with Crippen LogP contribution in [0.2, 0.25) is 0 Å². The third-order valence-corrected chi connectivity index (χ3v) is 3.00. The summed E-state index contributed by atoms with van der Waals surface area (Å²) in [5.41, 5.74) is 0.513. The van der Waals surface area contributed by atoms with Crippen LogP contribution in [0.15, 0.2) is 4.42 Å². The molecule has 2 rings (SSSR count). The van der Waals surface area contributed by atoms with Crippen molar-refractivity contribution in [2.45, 2.75) is 13.8 Å². The second kappa shape index (κ2) is 5.40. The smallest absolute Gasteiger partial charge is 0.310 e. The molecule has 1 atom stereocenters. The van der Waals surface area contributed by atoms with Crippen molar-refractivity contribution in [2.75, 3.05) is 26.3 Å². The van der Waals surface area contributed by atoms with Crippen LogP contribution in [0.5, 0.6) is 0 Å². The van der Waals surface area contributed by atoms with E-state index in [0.29, 0.717) is 24.7 Å².